The minimum atomic E-state index is -0.781. The first-order valence-corrected chi connectivity index (χ1v) is 28.4. The molecule has 0 aliphatic carbocycles. The van der Waals surface area contributed by atoms with E-state index in [-0.39, 0.29) is 63.9 Å². The molecule has 6 aromatic carbocycles. The summed E-state index contributed by atoms with van der Waals surface area (Å²) in [5.41, 5.74) is 12.6. The lowest BCUT2D eigenvalue weighted by molar-refractivity contribution is -0.467. The summed E-state index contributed by atoms with van der Waals surface area (Å²) in [4.78, 5) is 11.5. The molecule has 0 amide bonds. The molecule has 0 radical (unpaired) electrons. The van der Waals surface area contributed by atoms with Gasteiger partial charge in [-0.25, -0.2) is 9.98 Å². The minimum Gasteiger partial charge on any atom is -0.471 e. The standard InChI is InChI=1S/C13H17NO2.C12H15NO2.C9H13NO2.2C8H10.C7H8.C5H13ClNO.C2H4.CH2Cl2.2CH4/c1-3-12-14-11(9-15-2)13(16-12)10-7-5-4-6-8-10;1-2-11-13-10(8-14)12(15-11)9-6-4-3-5-7-9;10-8(6-11)9(12)7-4-2-1-3-5-7;2*1-2-8-6-4-3-5-7-8;1-7-5-3-2-4-6-7;1-3-5(7-6)8-4-2;1-2;2-1-3;;/h4-8,11,13H,3,9H2,1-2H3;3-7,10,12,14H,2,8H2,1H3;1-5,8-9,11-12H,6,10H2;2*3-7H,2H2,1H3;2-6H,1H3;5-7H,3-4H2,1-2H3;1-2H2;1H2;2*1H4/q;;;;;;+1;;;;/t;;8-,9+;;;;;;;;/m..0......../s1. The number of rotatable bonds is 16. The molecule has 11 nitrogen and oxygen atoms in total. The molecule has 2 aliphatic heterocycles. The highest BCUT2D eigenvalue weighted by atomic mass is 35.5. The summed E-state index contributed by atoms with van der Waals surface area (Å²) >= 11 is 14.1. The number of hydrogen-bond donors (Lipinski definition) is 5. The fourth-order valence-corrected chi connectivity index (χ4v) is 7.29. The van der Waals surface area contributed by atoms with Gasteiger partial charge in [0.2, 0.25) is 11.8 Å². The Hall–Kier alpha value is -5.41. The van der Waals surface area contributed by atoms with E-state index in [4.69, 9.17) is 53.0 Å². The fraction of sp³-hybridized carbons (Fsp3) is 0.403. The van der Waals surface area contributed by atoms with Crippen LogP contribution in [0.3, 0.4) is 0 Å². The first kappa shape index (κ1) is 79.8. The molecule has 2 heterocycles. The maximum Gasteiger partial charge on any atom is 0.225 e. The van der Waals surface area contributed by atoms with Crippen molar-refractivity contribution in [2.75, 3.05) is 38.9 Å². The molecule has 6 aromatic rings. The van der Waals surface area contributed by atoms with Crippen molar-refractivity contribution in [1.82, 2.24) is 4.84 Å². The van der Waals surface area contributed by atoms with Crippen LogP contribution in [-0.2, 0) is 31.8 Å². The van der Waals surface area contributed by atoms with Crippen LogP contribution >= 0.6 is 23.2 Å². The first-order chi connectivity index (χ1) is 38.5. The van der Waals surface area contributed by atoms with Crippen LogP contribution in [-0.4, -0.2) is 90.3 Å². The number of nitrogens with two attached hydrogens (primary N) is 1. The van der Waals surface area contributed by atoms with Crippen molar-refractivity contribution in [1.29, 1.82) is 0 Å². The largest absolute Gasteiger partial charge is 0.471 e. The van der Waals surface area contributed by atoms with Gasteiger partial charge >= 0.3 is 0 Å². The molecule has 14 heteroatoms. The molecule has 6 N–H and O–H groups in total. The molecule has 450 valence electrons. The smallest absolute Gasteiger partial charge is 0.225 e. The average molecular weight is 1180 g/mol. The van der Waals surface area contributed by atoms with Crippen LogP contribution < -0.4 is 10.6 Å². The van der Waals surface area contributed by atoms with E-state index in [2.05, 4.69) is 140 Å². The fourth-order valence-electron chi connectivity index (χ4n) is 7.06. The SMILES string of the molecule is C.C.C=C.CCC1=NC(CO)C(c2ccccc2)O1.CCC1=NC(COC)C(c2ccccc2)O1.CCOC(CC)N[ClH+].CCc1ccccc1.CCc1ccccc1.Cc1ccccc1.ClCCl.N[C@@H](CO)[C@H](O)c1ccccc1. The summed E-state index contributed by atoms with van der Waals surface area (Å²) < 4.78 is 21.8. The number of aryl methyl sites for hydroxylation is 3. The number of nitrogens with one attached hydrogen (secondary N) is 1. The Kier molecular flexibility index (Phi) is 53.1. The molecule has 0 bridgehead atoms. The van der Waals surface area contributed by atoms with Crippen LogP contribution in [0.2, 0.25) is 0 Å². The summed E-state index contributed by atoms with van der Waals surface area (Å²) in [7, 11) is 1.70. The van der Waals surface area contributed by atoms with E-state index >= 15 is 0 Å². The van der Waals surface area contributed by atoms with E-state index < -0.39 is 12.1 Å². The summed E-state index contributed by atoms with van der Waals surface area (Å²) in [5, 5.41) is 27.6. The zero-order chi connectivity index (χ0) is 58.9. The van der Waals surface area contributed by atoms with Gasteiger partial charge in [0.15, 0.2) is 18.0 Å². The van der Waals surface area contributed by atoms with Crippen LogP contribution in [0.25, 0.3) is 0 Å². The van der Waals surface area contributed by atoms with E-state index in [0.29, 0.717) is 6.61 Å². The second kappa shape index (κ2) is 53.9. The molecule has 0 saturated carbocycles. The molecule has 0 saturated heterocycles. The second-order valence-electron chi connectivity index (χ2n) is 17.0. The van der Waals surface area contributed by atoms with Gasteiger partial charge in [0, 0.05) is 26.6 Å². The molecule has 8 rings (SSSR count). The summed E-state index contributed by atoms with van der Waals surface area (Å²) in [6, 6.07) is 59.7. The Bertz CT molecular complexity index is 2290. The van der Waals surface area contributed by atoms with Gasteiger partial charge in [-0.1, -0.05) is 237 Å². The number of halogens is 3. The topological polar surface area (TPSA) is 160 Å². The number of alkyl halides is 2. The monoisotopic (exact) mass is 1180 g/mol. The molecule has 0 fully saturated rings. The number of aliphatic imine (C=N–C) groups is 2. The van der Waals surface area contributed by atoms with Crippen molar-refractivity contribution < 1.29 is 46.0 Å². The van der Waals surface area contributed by atoms with Crippen molar-refractivity contribution in [3.8, 4) is 0 Å². The first-order valence-electron chi connectivity index (χ1n) is 26.9. The lowest BCUT2D eigenvalue weighted by Gasteiger charge is -2.17. The van der Waals surface area contributed by atoms with Crippen molar-refractivity contribution in [3.63, 3.8) is 0 Å². The summed E-state index contributed by atoms with van der Waals surface area (Å²) in [5.74, 6) is 1.57. The maximum absolute atomic E-state index is 9.50. The third-order valence-electron chi connectivity index (χ3n) is 11.3. The van der Waals surface area contributed by atoms with Gasteiger partial charge in [-0.05, 0) is 65.8 Å². The van der Waals surface area contributed by atoms with Crippen molar-refractivity contribution in [2.45, 2.75) is 138 Å². The minimum absolute atomic E-state index is 0. The second-order valence-corrected chi connectivity index (χ2v) is 18.1. The molecule has 2 aliphatic rings. The maximum atomic E-state index is 9.50. The number of hydrogen-bond acceptors (Lipinski definition) is 11. The Balaban J connectivity index is -0.000000878. The Morgan fingerprint density at radius 2 is 0.963 bits per heavy atom. The lowest BCUT2D eigenvalue weighted by Crippen LogP contribution is -2.31. The van der Waals surface area contributed by atoms with Gasteiger partial charge < -0.3 is 40.0 Å². The Morgan fingerprint density at radius 1 is 0.605 bits per heavy atom. The molecule has 7 atom stereocenters. The van der Waals surface area contributed by atoms with Gasteiger partial charge in [0.25, 0.3) is 0 Å². The van der Waals surface area contributed by atoms with E-state index in [1.165, 1.54) is 16.7 Å². The van der Waals surface area contributed by atoms with Gasteiger partial charge in [0.1, 0.15) is 24.3 Å². The van der Waals surface area contributed by atoms with Gasteiger partial charge in [-0.3, -0.25) is 0 Å². The summed E-state index contributed by atoms with van der Waals surface area (Å²) in [6.07, 6.45) is 4.00. The normalized spacial score (nSPS) is 15.8. The number of methoxy groups -OCH3 is 1. The van der Waals surface area contributed by atoms with Crippen molar-refractivity contribution in [2.24, 2.45) is 15.7 Å². The highest BCUT2D eigenvalue weighted by Gasteiger charge is 2.32. The van der Waals surface area contributed by atoms with Gasteiger partial charge in [-0.2, -0.15) is 0 Å². The predicted molar refractivity (Wildman–Crippen MR) is 343 cm³/mol. The highest BCUT2D eigenvalue weighted by molar-refractivity contribution is 6.40. The molecule has 81 heavy (non-hydrogen) atoms. The molecule has 5 unspecified atom stereocenters. The molecular weight excluding hydrogens is 1080 g/mol. The van der Waals surface area contributed by atoms with Crippen LogP contribution in [0.5, 0.6) is 0 Å². The number of aliphatic hydroxyl groups excluding tert-OH is 3. The third kappa shape index (κ3) is 35.9. The van der Waals surface area contributed by atoms with E-state index in [1.807, 2.05) is 118 Å². The predicted octanol–water partition coefficient (Wildman–Crippen LogP) is 15.1. The van der Waals surface area contributed by atoms with E-state index in [1.54, 1.807) is 19.2 Å². The third-order valence-corrected chi connectivity index (χ3v) is 11.6. The zero-order valence-electron chi connectivity index (χ0n) is 48.0. The molecule has 0 spiro atoms. The highest BCUT2D eigenvalue weighted by Crippen LogP contribution is 2.31. The van der Waals surface area contributed by atoms with Gasteiger partial charge in [0.05, 0.1) is 37.3 Å². The lowest BCUT2D eigenvalue weighted by atomic mass is 10.0. The molecule has 0 aromatic heterocycles. The quantitative estimate of drug-likeness (QED) is 0.0275. The Labute approximate surface area is 504 Å². The van der Waals surface area contributed by atoms with Crippen molar-refractivity contribution >= 4 is 35.0 Å². The van der Waals surface area contributed by atoms with Crippen LogP contribution in [0.15, 0.2) is 205 Å². The summed E-state index contributed by atoms with van der Waals surface area (Å²) in [6.45, 7) is 21.6. The van der Waals surface area contributed by atoms with Crippen LogP contribution in [0, 0.1) is 18.7 Å². The van der Waals surface area contributed by atoms with Crippen molar-refractivity contribution in [3.05, 3.63) is 229 Å². The molecular formula is C67H100Cl3N4O7+. The van der Waals surface area contributed by atoms with E-state index in [0.717, 1.165) is 67.2 Å². The Morgan fingerprint density at radius 3 is 1.23 bits per heavy atom. The number of ether oxygens (including phenoxy) is 4. The van der Waals surface area contributed by atoms with Crippen LogP contribution in [0.4, 0.5) is 0 Å². The zero-order valence-corrected chi connectivity index (χ0v) is 50.3. The van der Waals surface area contributed by atoms with Crippen LogP contribution in [0.1, 0.15) is 127 Å². The van der Waals surface area contributed by atoms with Gasteiger partial charge in [-0.15, -0.1) is 36.4 Å². The number of aliphatic hydroxyl groups is 3. The average Bonchev–Trinajstić information content (AvgIpc) is 4.16. The number of nitrogens with zero attached hydrogens (tertiary/aromatic N) is 2. The van der Waals surface area contributed by atoms with E-state index in [9.17, 15) is 10.2 Å². The number of benzene rings is 6.